The Hall–Kier alpha value is -1.18. The Bertz CT molecular complexity index is 306. The molecule has 18 heavy (non-hydrogen) atoms. The van der Waals surface area contributed by atoms with Gasteiger partial charge in [0.2, 0.25) is 5.89 Å². The minimum Gasteiger partial charge on any atom is -0.407 e. The highest BCUT2D eigenvalue weighted by atomic mass is 16.5. The molecule has 1 heterocycles. The number of hydrogen-bond donors (Lipinski definition) is 2. The zero-order valence-corrected chi connectivity index (χ0v) is 11.1. The van der Waals surface area contributed by atoms with Gasteiger partial charge in [0.25, 0.3) is 0 Å². The maximum absolute atomic E-state index is 5.35. The summed E-state index contributed by atoms with van der Waals surface area (Å²) in [4.78, 5) is 0. The Morgan fingerprint density at radius 3 is 2.83 bits per heavy atom. The normalized spacial score (nSPS) is 10.8. The molecule has 0 bridgehead atoms. The molecule has 0 spiro atoms. The van der Waals surface area contributed by atoms with E-state index in [1.54, 1.807) is 7.11 Å². The van der Waals surface area contributed by atoms with Crippen LogP contribution in [0.2, 0.25) is 0 Å². The van der Waals surface area contributed by atoms with Crippen molar-refractivity contribution in [2.75, 3.05) is 45.8 Å². The number of ether oxygens (including phenoxy) is 2. The van der Waals surface area contributed by atoms with E-state index in [4.69, 9.17) is 13.9 Å². The second kappa shape index (κ2) is 9.81. The average molecular weight is 258 g/mol. The molecule has 0 aliphatic heterocycles. The lowest BCUT2D eigenvalue weighted by Crippen LogP contribution is -2.06. The summed E-state index contributed by atoms with van der Waals surface area (Å²) in [5.41, 5.74) is 0. The van der Waals surface area contributed by atoms with Gasteiger partial charge in [-0.2, -0.15) is 0 Å². The molecule has 0 saturated carbocycles. The van der Waals surface area contributed by atoms with Crippen LogP contribution in [0.15, 0.2) is 4.42 Å². The summed E-state index contributed by atoms with van der Waals surface area (Å²) < 4.78 is 15.6. The van der Waals surface area contributed by atoms with E-state index in [-0.39, 0.29) is 0 Å². The van der Waals surface area contributed by atoms with Gasteiger partial charge >= 0.3 is 6.01 Å². The number of rotatable bonds is 11. The van der Waals surface area contributed by atoms with Crippen LogP contribution < -0.4 is 10.6 Å². The Morgan fingerprint density at radius 2 is 2.06 bits per heavy atom. The van der Waals surface area contributed by atoms with Gasteiger partial charge in [0.05, 0.1) is 19.8 Å². The lowest BCUT2D eigenvalue weighted by atomic mass is 10.3. The lowest BCUT2D eigenvalue weighted by Gasteiger charge is -2.03. The van der Waals surface area contributed by atoms with Gasteiger partial charge in [-0.05, 0) is 19.9 Å². The Labute approximate surface area is 107 Å². The maximum Gasteiger partial charge on any atom is 0.315 e. The van der Waals surface area contributed by atoms with Crippen molar-refractivity contribution >= 4 is 6.01 Å². The van der Waals surface area contributed by atoms with Crippen molar-refractivity contribution in [1.82, 2.24) is 15.5 Å². The maximum atomic E-state index is 5.35. The molecule has 7 nitrogen and oxygen atoms in total. The van der Waals surface area contributed by atoms with E-state index in [2.05, 4.69) is 20.8 Å². The van der Waals surface area contributed by atoms with Crippen LogP contribution in [0.3, 0.4) is 0 Å². The van der Waals surface area contributed by atoms with E-state index in [9.17, 15) is 0 Å². The molecule has 0 radical (unpaired) electrons. The molecule has 0 aliphatic carbocycles. The summed E-state index contributed by atoms with van der Waals surface area (Å²) in [5.74, 6) is 0.586. The van der Waals surface area contributed by atoms with Crippen LogP contribution in [0.4, 0.5) is 6.01 Å². The second-order valence-corrected chi connectivity index (χ2v) is 3.77. The number of aromatic nitrogens is 2. The third kappa shape index (κ3) is 6.53. The third-order valence-corrected chi connectivity index (χ3v) is 2.22. The highest BCUT2D eigenvalue weighted by molar-refractivity contribution is 5.16. The molecule has 1 aromatic rings. The summed E-state index contributed by atoms with van der Waals surface area (Å²) in [6.07, 6.45) is 1.99. The minimum absolute atomic E-state index is 0.473. The number of unbranched alkanes of at least 4 members (excludes halogenated alkanes) is 1. The monoisotopic (exact) mass is 258 g/mol. The van der Waals surface area contributed by atoms with Crippen molar-refractivity contribution in [1.29, 1.82) is 0 Å². The number of nitrogens with one attached hydrogen (secondary N) is 2. The van der Waals surface area contributed by atoms with Crippen LogP contribution >= 0.6 is 0 Å². The fourth-order valence-electron chi connectivity index (χ4n) is 1.32. The number of anilines is 1. The Morgan fingerprint density at radius 1 is 1.17 bits per heavy atom. The van der Waals surface area contributed by atoms with Crippen LogP contribution in [-0.4, -0.2) is 50.7 Å². The van der Waals surface area contributed by atoms with Gasteiger partial charge in [-0.3, -0.25) is 0 Å². The number of nitrogens with zero attached hydrogens (tertiary/aromatic N) is 2. The number of methoxy groups -OCH3 is 1. The van der Waals surface area contributed by atoms with E-state index in [0.29, 0.717) is 31.7 Å². The summed E-state index contributed by atoms with van der Waals surface area (Å²) in [6, 6.07) is 0.473. The van der Waals surface area contributed by atoms with Crippen molar-refractivity contribution in [2.24, 2.45) is 0 Å². The predicted octanol–water partition coefficient (Wildman–Crippen LogP) is 0.644. The van der Waals surface area contributed by atoms with Gasteiger partial charge in [-0.1, -0.05) is 5.10 Å². The highest BCUT2D eigenvalue weighted by Crippen LogP contribution is 2.05. The molecule has 2 N–H and O–H groups in total. The van der Waals surface area contributed by atoms with E-state index in [1.165, 1.54) is 0 Å². The van der Waals surface area contributed by atoms with Crippen molar-refractivity contribution in [3.63, 3.8) is 0 Å². The fourth-order valence-corrected chi connectivity index (χ4v) is 1.32. The lowest BCUT2D eigenvalue weighted by molar-refractivity contribution is 0.0691. The first-order valence-electron chi connectivity index (χ1n) is 6.14. The van der Waals surface area contributed by atoms with Gasteiger partial charge in [-0.25, -0.2) is 0 Å². The third-order valence-electron chi connectivity index (χ3n) is 2.22. The highest BCUT2D eigenvalue weighted by Gasteiger charge is 2.03. The van der Waals surface area contributed by atoms with Crippen molar-refractivity contribution in [2.45, 2.75) is 19.4 Å². The van der Waals surface area contributed by atoms with Crippen LogP contribution in [-0.2, 0) is 16.0 Å². The molecule has 7 heteroatoms. The quantitative estimate of drug-likeness (QED) is 0.564. The first-order valence-corrected chi connectivity index (χ1v) is 6.14. The minimum atomic E-state index is 0.473. The predicted molar refractivity (Wildman–Crippen MR) is 67.5 cm³/mol. The fraction of sp³-hybridized carbons (Fsp3) is 0.818. The first-order chi connectivity index (χ1) is 8.86. The topological polar surface area (TPSA) is 81.4 Å². The molecule has 1 rings (SSSR count). The molecule has 0 aromatic carbocycles. The van der Waals surface area contributed by atoms with Gasteiger partial charge in [-0.15, -0.1) is 5.10 Å². The Kier molecular flexibility index (Phi) is 8.11. The van der Waals surface area contributed by atoms with Crippen LogP contribution in [0.5, 0.6) is 0 Å². The first kappa shape index (κ1) is 14.9. The van der Waals surface area contributed by atoms with Gasteiger partial charge in [0.1, 0.15) is 0 Å². The van der Waals surface area contributed by atoms with Crippen LogP contribution in [0, 0.1) is 0 Å². The largest absolute Gasteiger partial charge is 0.407 e. The molecule has 0 unspecified atom stereocenters. The molecular weight excluding hydrogens is 236 g/mol. The number of hydrogen-bond acceptors (Lipinski definition) is 7. The summed E-state index contributed by atoms with van der Waals surface area (Å²) >= 11 is 0. The Balaban J connectivity index is 1.96. The zero-order valence-electron chi connectivity index (χ0n) is 11.1. The second-order valence-electron chi connectivity index (χ2n) is 3.77. The zero-order chi connectivity index (χ0) is 13.1. The van der Waals surface area contributed by atoms with E-state index in [1.807, 2.05) is 7.05 Å². The van der Waals surface area contributed by atoms with E-state index >= 15 is 0 Å². The summed E-state index contributed by atoms with van der Waals surface area (Å²) in [5, 5.41) is 13.8. The molecule has 1 aromatic heterocycles. The summed E-state index contributed by atoms with van der Waals surface area (Å²) in [7, 11) is 3.50. The van der Waals surface area contributed by atoms with Crippen LogP contribution in [0.1, 0.15) is 18.7 Å². The van der Waals surface area contributed by atoms with Gasteiger partial charge < -0.3 is 24.5 Å². The van der Waals surface area contributed by atoms with Gasteiger partial charge in [0, 0.05) is 20.3 Å². The van der Waals surface area contributed by atoms with Crippen molar-refractivity contribution < 1.29 is 13.9 Å². The molecule has 0 aliphatic rings. The molecule has 0 saturated heterocycles. The summed E-state index contributed by atoms with van der Waals surface area (Å²) in [6.45, 7) is 3.44. The average Bonchev–Trinajstić information content (AvgIpc) is 2.81. The van der Waals surface area contributed by atoms with Crippen molar-refractivity contribution in [3.05, 3.63) is 5.89 Å². The molecule has 0 fully saturated rings. The molecule has 104 valence electrons. The van der Waals surface area contributed by atoms with E-state index in [0.717, 1.165) is 26.0 Å². The molecule has 0 atom stereocenters. The molecule has 0 amide bonds. The SMILES string of the molecule is CNCc1nnc(NCCCCOCCOC)o1. The van der Waals surface area contributed by atoms with Crippen LogP contribution in [0.25, 0.3) is 0 Å². The smallest absolute Gasteiger partial charge is 0.315 e. The van der Waals surface area contributed by atoms with Crippen molar-refractivity contribution in [3.8, 4) is 0 Å². The molecular formula is C11H22N4O3. The van der Waals surface area contributed by atoms with Gasteiger partial charge in [0.15, 0.2) is 0 Å². The standard InChI is InChI=1S/C11H22N4O3/c1-12-9-10-14-15-11(18-10)13-5-3-4-6-17-8-7-16-2/h12H,3-9H2,1-2H3,(H,13,15). The van der Waals surface area contributed by atoms with E-state index < -0.39 is 0 Å².